The molecule has 0 atom stereocenters. The van der Waals surface area contributed by atoms with Crippen molar-refractivity contribution in [2.75, 3.05) is 26.3 Å². The lowest BCUT2D eigenvalue weighted by atomic mass is 10.1. The van der Waals surface area contributed by atoms with Crippen LogP contribution in [0.25, 0.3) is 11.5 Å². The number of morpholine rings is 1. The van der Waals surface area contributed by atoms with E-state index in [9.17, 15) is 8.42 Å². The Labute approximate surface area is 204 Å². The van der Waals surface area contributed by atoms with Crippen LogP contribution in [-0.4, -0.2) is 49.4 Å². The van der Waals surface area contributed by atoms with Crippen molar-refractivity contribution in [3.8, 4) is 11.5 Å². The molecule has 4 rings (SSSR count). The van der Waals surface area contributed by atoms with E-state index < -0.39 is 10.0 Å². The standard InChI is InChI=1S/C24H30N4O4S2/c1-3-6-20(7-4-2)26-28-22(23-8-5-15-32-23)18-33-24(28)25-19-9-11-21(12-10-19)34(29,30)27-13-16-31-17-14-27/h5,8-12,15,18H,3-4,6-7,13-14,16-17H2,1-2H3. The topological polar surface area (TPSA) is 89.4 Å². The van der Waals surface area contributed by atoms with Gasteiger partial charge in [-0.2, -0.15) is 9.41 Å². The highest BCUT2D eigenvalue weighted by atomic mass is 32.2. The van der Waals surface area contributed by atoms with Gasteiger partial charge in [0, 0.05) is 24.2 Å². The lowest BCUT2D eigenvalue weighted by molar-refractivity contribution is 0.0730. The third-order valence-electron chi connectivity index (χ3n) is 5.45. The zero-order chi connectivity index (χ0) is 24.0. The number of ether oxygens (including phenoxy) is 1. The maximum absolute atomic E-state index is 12.9. The fourth-order valence-corrected chi connectivity index (χ4v) is 5.99. The molecule has 0 radical (unpaired) electrons. The Morgan fingerprint density at radius 2 is 1.76 bits per heavy atom. The minimum atomic E-state index is -3.54. The highest BCUT2D eigenvalue weighted by molar-refractivity contribution is 7.89. The molecule has 0 aliphatic carbocycles. The van der Waals surface area contributed by atoms with E-state index in [4.69, 9.17) is 19.2 Å². The molecule has 1 aliphatic rings. The zero-order valence-electron chi connectivity index (χ0n) is 19.5. The number of hydrogen-bond donors (Lipinski definition) is 0. The van der Waals surface area contributed by atoms with Crippen molar-refractivity contribution in [2.24, 2.45) is 10.1 Å². The van der Waals surface area contributed by atoms with Crippen molar-refractivity contribution in [1.82, 2.24) is 8.98 Å². The van der Waals surface area contributed by atoms with Crippen molar-refractivity contribution in [3.05, 3.63) is 52.8 Å². The fourth-order valence-electron chi connectivity index (χ4n) is 3.75. The first-order valence-corrected chi connectivity index (χ1v) is 13.9. The van der Waals surface area contributed by atoms with Crippen molar-refractivity contribution < 1.29 is 17.6 Å². The second-order valence-electron chi connectivity index (χ2n) is 7.98. The summed E-state index contributed by atoms with van der Waals surface area (Å²) < 4.78 is 40.0. The average molecular weight is 503 g/mol. The van der Waals surface area contributed by atoms with Crippen LogP contribution < -0.4 is 4.80 Å². The van der Waals surface area contributed by atoms with E-state index in [0.717, 1.165) is 42.8 Å². The van der Waals surface area contributed by atoms with Crippen molar-refractivity contribution in [3.63, 3.8) is 0 Å². The highest BCUT2D eigenvalue weighted by Gasteiger charge is 2.26. The number of sulfonamides is 1. The second kappa shape index (κ2) is 11.3. The van der Waals surface area contributed by atoms with Crippen LogP contribution in [0.5, 0.6) is 0 Å². The van der Waals surface area contributed by atoms with Crippen LogP contribution in [0, 0.1) is 0 Å². The molecule has 1 saturated heterocycles. The Bertz CT molecular complexity index is 1260. The van der Waals surface area contributed by atoms with Gasteiger partial charge in [0.15, 0.2) is 5.76 Å². The van der Waals surface area contributed by atoms with Gasteiger partial charge in [-0.1, -0.05) is 26.7 Å². The normalized spacial score (nSPS) is 15.5. The summed E-state index contributed by atoms with van der Waals surface area (Å²) in [5, 5.41) is 6.92. The summed E-state index contributed by atoms with van der Waals surface area (Å²) in [5.74, 6) is 0.723. The molecule has 0 unspecified atom stereocenters. The molecule has 0 bridgehead atoms. The lowest BCUT2D eigenvalue weighted by Crippen LogP contribution is -2.40. The summed E-state index contributed by atoms with van der Waals surface area (Å²) in [6.07, 6.45) is 5.52. The number of benzene rings is 1. The van der Waals surface area contributed by atoms with Crippen LogP contribution in [0.1, 0.15) is 39.5 Å². The van der Waals surface area contributed by atoms with Gasteiger partial charge in [0.25, 0.3) is 0 Å². The number of furan rings is 1. The van der Waals surface area contributed by atoms with Crippen LogP contribution >= 0.6 is 11.3 Å². The maximum Gasteiger partial charge on any atom is 0.243 e. The molecular formula is C24H30N4O4S2. The molecule has 1 aliphatic heterocycles. The molecule has 0 spiro atoms. The molecular weight excluding hydrogens is 472 g/mol. The molecule has 3 heterocycles. The van der Waals surface area contributed by atoms with Gasteiger partial charge in [-0.15, -0.1) is 11.3 Å². The second-order valence-corrected chi connectivity index (χ2v) is 10.8. The van der Waals surface area contributed by atoms with Gasteiger partial charge >= 0.3 is 0 Å². The number of thiazole rings is 1. The van der Waals surface area contributed by atoms with E-state index in [2.05, 4.69) is 13.8 Å². The molecule has 0 N–H and O–H groups in total. The van der Waals surface area contributed by atoms with E-state index in [1.807, 2.05) is 22.2 Å². The SMILES string of the molecule is CCCC(CCC)=Nn1c(-c2ccco2)csc1=Nc1ccc(S(=O)(=O)N2CCOCC2)cc1. The fraction of sp³-hybridized carbons (Fsp3) is 0.417. The summed E-state index contributed by atoms with van der Waals surface area (Å²) in [6, 6.07) is 10.4. The first kappa shape index (κ1) is 24.6. The largest absolute Gasteiger partial charge is 0.463 e. The van der Waals surface area contributed by atoms with Gasteiger partial charge in [-0.25, -0.2) is 18.1 Å². The van der Waals surface area contributed by atoms with Crippen LogP contribution in [0.4, 0.5) is 5.69 Å². The molecule has 0 amide bonds. The molecule has 1 fully saturated rings. The van der Waals surface area contributed by atoms with E-state index in [1.54, 1.807) is 30.5 Å². The van der Waals surface area contributed by atoms with E-state index in [1.165, 1.54) is 15.6 Å². The summed E-state index contributed by atoms with van der Waals surface area (Å²) in [5.41, 5.74) is 2.61. The predicted molar refractivity (Wildman–Crippen MR) is 134 cm³/mol. The Hall–Kier alpha value is -2.53. The average Bonchev–Trinajstić information content (AvgIpc) is 3.51. The van der Waals surface area contributed by atoms with Gasteiger partial charge < -0.3 is 9.15 Å². The van der Waals surface area contributed by atoms with E-state index in [-0.39, 0.29) is 4.90 Å². The third-order valence-corrected chi connectivity index (χ3v) is 8.18. The number of aromatic nitrogens is 1. The first-order valence-electron chi connectivity index (χ1n) is 11.6. The third kappa shape index (κ3) is 5.57. The van der Waals surface area contributed by atoms with E-state index >= 15 is 0 Å². The highest BCUT2D eigenvalue weighted by Crippen LogP contribution is 2.23. The minimum Gasteiger partial charge on any atom is -0.463 e. The minimum absolute atomic E-state index is 0.259. The Morgan fingerprint density at radius 1 is 1.06 bits per heavy atom. The molecule has 34 heavy (non-hydrogen) atoms. The monoisotopic (exact) mass is 502 g/mol. The summed E-state index contributed by atoms with van der Waals surface area (Å²) in [6.45, 7) is 5.87. The number of nitrogens with zero attached hydrogens (tertiary/aromatic N) is 4. The van der Waals surface area contributed by atoms with Crippen molar-refractivity contribution in [1.29, 1.82) is 0 Å². The molecule has 1 aromatic carbocycles. The van der Waals surface area contributed by atoms with E-state index in [0.29, 0.717) is 36.8 Å². The van der Waals surface area contributed by atoms with Gasteiger partial charge in [-0.05, 0) is 49.2 Å². The van der Waals surface area contributed by atoms with Gasteiger partial charge in [0.05, 0.1) is 30.1 Å². The van der Waals surface area contributed by atoms with Crippen LogP contribution in [0.3, 0.4) is 0 Å². The Balaban J connectivity index is 1.70. The quantitative estimate of drug-likeness (QED) is 0.391. The van der Waals surface area contributed by atoms with Gasteiger partial charge in [0.1, 0.15) is 5.69 Å². The van der Waals surface area contributed by atoms with Crippen molar-refractivity contribution >= 4 is 32.8 Å². The van der Waals surface area contributed by atoms with Crippen LogP contribution in [0.2, 0.25) is 0 Å². The molecule has 182 valence electrons. The maximum atomic E-state index is 12.9. The summed E-state index contributed by atoms with van der Waals surface area (Å²) in [4.78, 5) is 5.74. The lowest BCUT2D eigenvalue weighted by Gasteiger charge is -2.26. The zero-order valence-corrected chi connectivity index (χ0v) is 21.1. The van der Waals surface area contributed by atoms with Gasteiger partial charge in [-0.3, -0.25) is 0 Å². The van der Waals surface area contributed by atoms with Crippen molar-refractivity contribution in [2.45, 2.75) is 44.4 Å². The van der Waals surface area contributed by atoms with Crippen LogP contribution in [-0.2, 0) is 14.8 Å². The summed E-state index contributed by atoms with van der Waals surface area (Å²) >= 11 is 1.47. The summed E-state index contributed by atoms with van der Waals surface area (Å²) in [7, 11) is -3.54. The molecule has 10 heteroatoms. The van der Waals surface area contributed by atoms with Gasteiger partial charge in [0.2, 0.25) is 14.8 Å². The van der Waals surface area contributed by atoms with Crippen LogP contribution in [0.15, 0.2) is 67.4 Å². The first-order chi connectivity index (χ1) is 16.5. The number of hydrogen-bond acceptors (Lipinski definition) is 7. The molecule has 0 saturated carbocycles. The molecule has 3 aromatic rings. The Morgan fingerprint density at radius 3 is 2.38 bits per heavy atom. The molecule has 2 aromatic heterocycles. The molecule has 8 nitrogen and oxygen atoms in total. The number of rotatable bonds is 9. The smallest absolute Gasteiger partial charge is 0.243 e. The Kier molecular flexibility index (Phi) is 8.15. The predicted octanol–water partition coefficient (Wildman–Crippen LogP) is 4.87.